The Kier molecular flexibility index (Phi) is 7.83. The van der Waals surface area contributed by atoms with Crippen molar-refractivity contribution in [1.82, 2.24) is 40.3 Å². The first-order valence-electron chi connectivity index (χ1n) is 18.6. The number of ether oxygens (including phenoxy) is 1. The molecule has 5 heterocycles. The van der Waals surface area contributed by atoms with Gasteiger partial charge >= 0.3 is 0 Å². The lowest BCUT2D eigenvalue weighted by Crippen LogP contribution is -2.65. The average Bonchev–Trinajstić information content (AvgIpc) is 3.89. The summed E-state index contributed by atoms with van der Waals surface area (Å²) >= 11 is 0. The number of likely N-dealkylation sites (tertiary alicyclic amines) is 2. The molecule has 9 rings (SSSR count). The Morgan fingerprint density at radius 1 is 1.08 bits per heavy atom. The van der Waals surface area contributed by atoms with Gasteiger partial charge in [-0.15, -0.1) is 10.2 Å². The minimum atomic E-state index is -0.343. The van der Waals surface area contributed by atoms with Crippen molar-refractivity contribution in [3.05, 3.63) is 48.1 Å². The molecule has 3 aromatic rings. The molecule has 6 aliphatic rings. The molecule has 1 spiro atoms. The van der Waals surface area contributed by atoms with Crippen LogP contribution in [-0.4, -0.2) is 98.3 Å². The first kappa shape index (κ1) is 32.2. The number of halogens is 1. The summed E-state index contributed by atoms with van der Waals surface area (Å²) in [5.74, 6) is 5.02. The van der Waals surface area contributed by atoms with Gasteiger partial charge in [-0.2, -0.15) is 0 Å². The van der Waals surface area contributed by atoms with Crippen molar-refractivity contribution in [2.45, 2.75) is 83.8 Å². The topological polar surface area (TPSA) is 113 Å². The highest BCUT2D eigenvalue weighted by molar-refractivity contribution is 5.74. The highest BCUT2D eigenvalue weighted by Crippen LogP contribution is 2.52. The molecule has 3 saturated carbocycles. The van der Waals surface area contributed by atoms with Crippen LogP contribution < -0.4 is 15.0 Å². The minimum absolute atomic E-state index is 0.107. The maximum absolute atomic E-state index is 14.7. The molecule has 264 valence electrons. The van der Waals surface area contributed by atoms with Crippen LogP contribution in [-0.2, 0) is 4.79 Å². The number of carbonyl (C=O) groups is 1. The number of benzene rings is 1. The molecule has 0 radical (unpaired) electrons. The van der Waals surface area contributed by atoms with Crippen molar-refractivity contribution in [3.63, 3.8) is 0 Å². The molecule has 11 nitrogen and oxygen atoms in total. The van der Waals surface area contributed by atoms with E-state index in [9.17, 15) is 9.18 Å². The van der Waals surface area contributed by atoms with Crippen LogP contribution in [0.1, 0.15) is 70.3 Å². The van der Waals surface area contributed by atoms with Crippen molar-refractivity contribution in [1.29, 1.82) is 0 Å². The number of fused-ring (bicyclic) bond motifs is 1. The van der Waals surface area contributed by atoms with Crippen LogP contribution in [0.4, 0.5) is 10.2 Å². The molecule has 1 aromatic carbocycles. The quantitative estimate of drug-likeness (QED) is 0.320. The Labute approximate surface area is 293 Å². The highest BCUT2D eigenvalue weighted by Gasteiger charge is 2.59. The van der Waals surface area contributed by atoms with E-state index in [-0.39, 0.29) is 17.1 Å². The molecule has 3 aliphatic carbocycles. The predicted molar refractivity (Wildman–Crippen MR) is 186 cm³/mol. The van der Waals surface area contributed by atoms with E-state index in [0.29, 0.717) is 70.6 Å². The normalized spacial score (nSPS) is 29.1. The molecule has 2 aromatic heterocycles. The summed E-state index contributed by atoms with van der Waals surface area (Å²) in [4.78, 5) is 33.1. The summed E-state index contributed by atoms with van der Waals surface area (Å²) < 4.78 is 21.1. The molecule has 50 heavy (non-hydrogen) atoms. The number of amides is 1. The summed E-state index contributed by atoms with van der Waals surface area (Å²) in [5.41, 5.74) is 2.59. The molecule has 1 amide bonds. The zero-order valence-electron chi connectivity index (χ0n) is 29.6. The molecule has 1 N–H and O–H groups in total. The Balaban J connectivity index is 0.848. The Bertz CT molecular complexity index is 1780. The molecular formula is C38H48FN9O2. The maximum atomic E-state index is 14.7. The highest BCUT2D eigenvalue weighted by atomic mass is 19.1. The molecule has 1 unspecified atom stereocenters. The standard InChI is InChI=1S/C38H48FN9O2/c1-21(2)35(25-11-27(12-25)47-15-30-31(16-47)34(30)44-23(4)49)48-18-38(19-48)9-10-46(17-38)36-37(45-42-20-41-36)50-32-8-7-26(39)13-28(32)29-14-40-22(3)43-33(29)24-5-6-24/h7-8,13-14,20-21,24-25,27,30-31,34-35H,5-6,9-12,15-19H2,1-4H3,(H,44,49)/t25?,27?,30-,31+,34?,35-/m0/s1. The third-order valence-electron chi connectivity index (χ3n) is 12.6. The van der Waals surface area contributed by atoms with Gasteiger partial charge in [0.1, 0.15) is 23.7 Å². The fourth-order valence-electron chi connectivity index (χ4n) is 9.99. The largest absolute Gasteiger partial charge is 0.434 e. The van der Waals surface area contributed by atoms with E-state index < -0.39 is 0 Å². The molecule has 12 heteroatoms. The van der Waals surface area contributed by atoms with Crippen LogP contribution in [0.15, 0.2) is 30.7 Å². The zero-order chi connectivity index (χ0) is 34.3. The number of nitrogens with one attached hydrogen (secondary N) is 1. The molecule has 3 aliphatic heterocycles. The van der Waals surface area contributed by atoms with Crippen molar-refractivity contribution in [2.75, 3.05) is 44.2 Å². The third-order valence-corrected chi connectivity index (χ3v) is 12.6. The summed E-state index contributed by atoms with van der Waals surface area (Å²) in [5, 5.41) is 11.6. The molecule has 4 atom stereocenters. The number of rotatable bonds is 10. The Morgan fingerprint density at radius 2 is 1.86 bits per heavy atom. The van der Waals surface area contributed by atoms with E-state index in [0.717, 1.165) is 75.7 Å². The molecule has 3 saturated heterocycles. The summed E-state index contributed by atoms with van der Waals surface area (Å²) in [6, 6.07) is 6.29. The smallest absolute Gasteiger partial charge is 0.282 e. The van der Waals surface area contributed by atoms with Crippen LogP contribution >= 0.6 is 0 Å². The second-order valence-corrected chi connectivity index (χ2v) is 16.5. The number of aryl methyl sites for hydroxylation is 1. The van der Waals surface area contributed by atoms with Gasteiger partial charge in [0.05, 0.1) is 5.69 Å². The number of aromatic nitrogens is 5. The molecular weight excluding hydrogens is 633 g/mol. The molecule has 6 fully saturated rings. The van der Waals surface area contributed by atoms with Crippen molar-refractivity contribution in [3.8, 4) is 22.8 Å². The maximum Gasteiger partial charge on any atom is 0.282 e. The first-order valence-corrected chi connectivity index (χ1v) is 18.6. The lowest BCUT2D eigenvalue weighted by molar-refractivity contribution is -0.119. The second kappa shape index (κ2) is 12.2. The molecule has 0 bridgehead atoms. The van der Waals surface area contributed by atoms with Gasteiger partial charge in [-0.05, 0) is 80.9 Å². The second-order valence-electron chi connectivity index (χ2n) is 16.5. The van der Waals surface area contributed by atoms with Crippen LogP contribution in [0.3, 0.4) is 0 Å². The van der Waals surface area contributed by atoms with Gasteiger partial charge in [0.25, 0.3) is 5.88 Å². The lowest BCUT2D eigenvalue weighted by Gasteiger charge is -2.57. The van der Waals surface area contributed by atoms with Gasteiger partial charge < -0.3 is 15.0 Å². The van der Waals surface area contributed by atoms with Crippen LogP contribution in [0, 0.1) is 41.8 Å². The van der Waals surface area contributed by atoms with Crippen molar-refractivity contribution < 1.29 is 13.9 Å². The monoisotopic (exact) mass is 681 g/mol. The fourth-order valence-corrected chi connectivity index (χ4v) is 9.99. The van der Waals surface area contributed by atoms with Gasteiger partial charge in [-0.1, -0.05) is 13.8 Å². The minimum Gasteiger partial charge on any atom is -0.434 e. The van der Waals surface area contributed by atoms with E-state index in [2.05, 4.69) is 54.0 Å². The lowest BCUT2D eigenvalue weighted by atomic mass is 9.68. The first-order chi connectivity index (χ1) is 24.1. The summed E-state index contributed by atoms with van der Waals surface area (Å²) in [7, 11) is 0. The number of hydrogen-bond donors (Lipinski definition) is 1. The van der Waals surface area contributed by atoms with Gasteiger partial charge in [0, 0.05) is 93.0 Å². The van der Waals surface area contributed by atoms with Gasteiger partial charge in [-0.25, -0.2) is 19.3 Å². The average molecular weight is 682 g/mol. The fraction of sp³-hybridized carbons (Fsp3) is 0.632. The number of hydrogen-bond acceptors (Lipinski definition) is 10. The zero-order valence-corrected chi connectivity index (χ0v) is 29.6. The van der Waals surface area contributed by atoms with E-state index in [4.69, 9.17) is 9.72 Å². The van der Waals surface area contributed by atoms with Gasteiger partial charge in [0.15, 0.2) is 5.82 Å². The SMILES string of the molecule is CC(=O)NC1[C@H]2CN(C3CC([C@H](C(C)C)N4CC5(CCN(c6ncnnc6Oc6ccc(F)cc6-c6cnc(C)nc6C6CC6)C5)C4)C3)C[C@@H]12. The van der Waals surface area contributed by atoms with E-state index >= 15 is 0 Å². The van der Waals surface area contributed by atoms with Gasteiger partial charge in [0.2, 0.25) is 5.91 Å². The number of piperidine rings is 1. The van der Waals surface area contributed by atoms with Crippen molar-refractivity contribution >= 4 is 11.7 Å². The Hall–Kier alpha value is -3.77. The van der Waals surface area contributed by atoms with Crippen LogP contribution in [0.2, 0.25) is 0 Å². The predicted octanol–water partition coefficient (Wildman–Crippen LogP) is 4.83. The van der Waals surface area contributed by atoms with Crippen LogP contribution in [0.5, 0.6) is 11.6 Å². The Morgan fingerprint density at radius 3 is 2.58 bits per heavy atom. The number of nitrogens with zero attached hydrogens (tertiary/aromatic N) is 8. The third kappa shape index (κ3) is 5.81. The number of anilines is 1. The van der Waals surface area contributed by atoms with Gasteiger partial charge in [-0.3, -0.25) is 14.6 Å². The summed E-state index contributed by atoms with van der Waals surface area (Å²) in [6.45, 7) is 14.6. The van der Waals surface area contributed by atoms with Crippen molar-refractivity contribution in [2.24, 2.45) is 29.1 Å². The van der Waals surface area contributed by atoms with E-state index in [1.807, 2.05) is 6.92 Å². The number of carbonyl (C=O) groups excluding carboxylic acids is 1. The van der Waals surface area contributed by atoms with Crippen LogP contribution in [0.25, 0.3) is 11.1 Å². The summed E-state index contributed by atoms with van der Waals surface area (Å²) in [6.07, 6.45) is 9.09. The van der Waals surface area contributed by atoms with E-state index in [1.165, 1.54) is 31.3 Å². The van der Waals surface area contributed by atoms with E-state index in [1.54, 1.807) is 19.2 Å².